The topological polar surface area (TPSA) is 128 Å². The molecule has 0 radical (unpaired) electrons. The molecule has 1 N–H and O–H groups in total. The second kappa shape index (κ2) is 8.95. The summed E-state index contributed by atoms with van der Waals surface area (Å²) in [7, 11) is 0. The zero-order chi connectivity index (χ0) is 23.5. The van der Waals surface area contributed by atoms with Crippen LogP contribution < -0.4 is 4.90 Å². The summed E-state index contributed by atoms with van der Waals surface area (Å²) in [5.74, 6) is -1.35. The number of esters is 1. The third kappa shape index (κ3) is 7.25. The van der Waals surface area contributed by atoms with Crippen LogP contribution in [0.3, 0.4) is 0 Å². The summed E-state index contributed by atoms with van der Waals surface area (Å²) < 4.78 is 15.6. The van der Waals surface area contributed by atoms with Gasteiger partial charge in [-0.3, -0.25) is 0 Å². The Kier molecular flexibility index (Phi) is 7.54. The molecule has 0 saturated heterocycles. The number of aliphatic hydroxyl groups is 1. The van der Waals surface area contributed by atoms with Crippen LogP contribution in [-0.4, -0.2) is 51.0 Å². The molecular weight excluding hydrogens is 394 g/mol. The number of rotatable bonds is 4. The largest absolute Gasteiger partial charge is 0.461 e. The Labute approximate surface area is 176 Å². The highest BCUT2D eigenvalue weighted by Gasteiger charge is 2.38. The lowest BCUT2D eigenvalue weighted by atomic mass is 10.1. The van der Waals surface area contributed by atoms with E-state index in [4.69, 9.17) is 14.2 Å². The van der Waals surface area contributed by atoms with Gasteiger partial charge in [-0.25, -0.2) is 24.4 Å². The maximum absolute atomic E-state index is 12.8. The first-order valence-corrected chi connectivity index (χ1v) is 9.49. The molecule has 0 unspecified atom stereocenters. The fourth-order valence-corrected chi connectivity index (χ4v) is 2.04. The number of hydrogen-bond donors (Lipinski definition) is 1. The van der Waals surface area contributed by atoms with E-state index < -0.39 is 46.5 Å². The monoisotopic (exact) mass is 425 g/mol. The number of nitrogens with zero attached hydrogens (tertiary/aromatic N) is 3. The van der Waals surface area contributed by atoms with E-state index in [1.807, 2.05) is 0 Å². The van der Waals surface area contributed by atoms with Crippen molar-refractivity contribution in [1.29, 1.82) is 0 Å². The van der Waals surface area contributed by atoms with Crippen molar-refractivity contribution in [2.75, 3.05) is 11.5 Å². The molecule has 0 aromatic carbocycles. The van der Waals surface area contributed by atoms with Crippen molar-refractivity contribution >= 4 is 24.0 Å². The fraction of sp³-hybridized carbons (Fsp3) is 0.650. The summed E-state index contributed by atoms with van der Waals surface area (Å²) in [6.45, 7) is 14.2. The van der Waals surface area contributed by atoms with Crippen LogP contribution in [0.25, 0.3) is 0 Å². The standard InChI is InChI=1S/C20H31N3O7/c1-10-28-15(24)13-14(21-11-12(22-13)20(8,9)27)23(16(25)29-18(2,3)4)17(26)30-19(5,6)7/h11,27H,10H2,1-9H3. The molecule has 0 aliphatic heterocycles. The van der Waals surface area contributed by atoms with Crippen LogP contribution >= 0.6 is 0 Å². The summed E-state index contributed by atoms with van der Waals surface area (Å²) in [6.07, 6.45) is -1.06. The number of aromatic nitrogens is 2. The lowest BCUT2D eigenvalue weighted by Crippen LogP contribution is -2.45. The Bertz CT molecular complexity index is 774. The highest BCUT2D eigenvalue weighted by atomic mass is 16.6. The molecule has 0 spiro atoms. The molecule has 1 aromatic heterocycles. The van der Waals surface area contributed by atoms with Crippen LogP contribution in [0.4, 0.5) is 15.4 Å². The van der Waals surface area contributed by atoms with Gasteiger partial charge in [-0.2, -0.15) is 4.90 Å². The molecule has 30 heavy (non-hydrogen) atoms. The predicted octanol–water partition coefficient (Wildman–Crippen LogP) is 3.56. The summed E-state index contributed by atoms with van der Waals surface area (Å²) in [5, 5.41) is 10.2. The Morgan fingerprint density at radius 1 is 0.967 bits per heavy atom. The third-order valence-electron chi connectivity index (χ3n) is 3.21. The first kappa shape index (κ1) is 25.3. The van der Waals surface area contributed by atoms with E-state index in [0.717, 1.165) is 6.20 Å². The van der Waals surface area contributed by atoms with Gasteiger partial charge in [-0.1, -0.05) is 0 Å². The molecule has 0 aliphatic rings. The predicted molar refractivity (Wildman–Crippen MR) is 108 cm³/mol. The van der Waals surface area contributed by atoms with Gasteiger partial charge >= 0.3 is 18.2 Å². The molecule has 0 bridgehead atoms. The van der Waals surface area contributed by atoms with Gasteiger partial charge in [0.2, 0.25) is 0 Å². The van der Waals surface area contributed by atoms with Gasteiger partial charge in [-0.15, -0.1) is 0 Å². The van der Waals surface area contributed by atoms with Gasteiger partial charge in [0.05, 0.1) is 18.5 Å². The van der Waals surface area contributed by atoms with Crippen molar-refractivity contribution in [3.63, 3.8) is 0 Å². The van der Waals surface area contributed by atoms with E-state index in [9.17, 15) is 19.5 Å². The molecular formula is C20H31N3O7. The van der Waals surface area contributed by atoms with Crippen molar-refractivity contribution in [3.05, 3.63) is 17.6 Å². The quantitative estimate of drug-likeness (QED) is 0.568. The number of carbonyl (C=O) groups excluding carboxylic acids is 3. The molecule has 1 rings (SSSR count). The first-order valence-electron chi connectivity index (χ1n) is 9.49. The lowest BCUT2D eigenvalue weighted by Gasteiger charge is -2.28. The molecule has 1 heterocycles. The molecule has 0 aliphatic carbocycles. The van der Waals surface area contributed by atoms with Crippen LogP contribution in [0.5, 0.6) is 0 Å². The summed E-state index contributed by atoms with van der Waals surface area (Å²) in [4.78, 5) is 46.8. The molecule has 168 valence electrons. The second-order valence-corrected chi connectivity index (χ2v) is 9.00. The zero-order valence-corrected chi connectivity index (χ0v) is 19.0. The van der Waals surface area contributed by atoms with Crippen LogP contribution in [-0.2, 0) is 19.8 Å². The average Bonchev–Trinajstić information content (AvgIpc) is 2.50. The highest BCUT2D eigenvalue weighted by molar-refractivity contribution is 6.12. The highest BCUT2D eigenvalue weighted by Crippen LogP contribution is 2.26. The molecule has 2 amide bonds. The van der Waals surface area contributed by atoms with Gasteiger partial charge in [0.15, 0.2) is 11.5 Å². The Morgan fingerprint density at radius 2 is 1.43 bits per heavy atom. The molecule has 1 aromatic rings. The van der Waals surface area contributed by atoms with E-state index in [2.05, 4.69) is 9.97 Å². The minimum Gasteiger partial charge on any atom is -0.461 e. The van der Waals surface area contributed by atoms with Crippen LogP contribution in [0.15, 0.2) is 6.20 Å². The van der Waals surface area contributed by atoms with Crippen molar-refractivity contribution in [1.82, 2.24) is 9.97 Å². The Hall–Kier alpha value is -2.75. The summed E-state index contributed by atoms with van der Waals surface area (Å²) in [6, 6.07) is 0. The van der Waals surface area contributed by atoms with Gasteiger partial charge < -0.3 is 19.3 Å². The number of hydrogen-bond acceptors (Lipinski definition) is 9. The summed E-state index contributed by atoms with van der Waals surface area (Å²) >= 11 is 0. The molecule has 10 heteroatoms. The molecule has 0 saturated carbocycles. The molecule has 0 atom stereocenters. The number of amides is 2. The van der Waals surface area contributed by atoms with Gasteiger partial charge in [0.1, 0.15) is 16.8 Å². The molecule has 10 nitrogen and oxygen atoms in total. The Balaban J connectivity index is 3.66. The van der Waals surface area contributed by atoms with Crippen LogP contribution in [0.2, 0.25) is 0 Å². The number of ether oxygens (including phenoxy) is 3. The normalized spacial score (nSPS) is 12.2. The average molecular weight is 425 g/mol. The van der Waals surface area contributed by atoms with E-state index in [-0.39, 0.29) is 12.3 Å². The zero-order valence-electron chi connectivity index (χ0n) is 19.0. The van der Waals surface area contributed by atoms with Crippen molar-refractivity contribution < 1.29 is 33.7 Å². The fourth-order valence-electron chi connectivity index (χ4n) is 2.04. The number of imide groups is 1. The summed E-state index contributed by atoms with van der Waals surface area (Å²) in [5.41, 5.74) is -3.71. The van der Waals surface area contributed by atoms with Gasteiger partial charge in [0, 0.05) is 0 Å². The molecule has 0 fully saturated rings. The SMILES string of the molecule is CCOC(=O)c1nc(C(C)(C)O)cnc1N(C(=O)OC(C)(C)C)C(=O)OC(C)(C)C. The van der Waals surface area contributed by atoms with E-state index in [1.165, 1.54) is 13.8 Å². The van der Waals surface area contributed by atoms with Crippen molar-refractivity contribution in [2.45, 2.75) is 79.1 Å². The van der Waals surface area contributed by atoms with Crippen LogP contribution in [0, 0.1) is 0 Å². The van der Waals surface area contributed by atoms with Gasteiger partial charge in [0.25, 0.3) is 0 Å². The van der Waals surface area contributed by atoms with Crippen molar-refractivity contribution in [2.24, 2.45) is 0 Å². The number of carbonyl (C=O) groups is 3. The van der Waals surface area contributed by atoms with E-state index in [0.29, 0.717) is 4.90 Å². The lowest BCUT2D eigenvalue weighted by molar-refractivity contribution is 0.0428. The minimum atomic E-state index is -1.44. The minimum absolute atomic E-state index is 0.0194. The van der Waals surface area contributed by atoms with Crippen molar-refractivity contribution in [3.8, 4) is 0 Å². The number of anilines is 1. The second-order valence-electron chi connectivity index (χ2n) is 9.00. The maximum Gasteiger partial charge on any atom is 0.425 e. The smallest absolute Gasteiger partial charge is 0.425 e. The Morgan fingerprint density at radius 3 is 1.80 bits per heavy atom. The van der Waals surface area contributed by atoms with Crippen LogP contribution in [0.1, 0.15) is 78.5 Å². The van der Waals surface area contributed by atoms with Gasteiger partial charge in [-0.05, 0) is 62.3 Å². The third-order valence-corrected chi connectivity index (χ3v) is 3.21. The maximum atomic E-state index is 12.8. The van der Waals surface area contributed by atoms with E-state index in [1.54, 1.807) is 48.5 Å². The first-order chi connectivity index (χ1) is 13.5. The van der Waals surface area contributed by atoms with E-state index >= 15 is 0 Å².